The van der Waals surface area contributed by atoms with Gasteiger partial charge in [-0.1, -0.05) is 6.92 Å². The van der Waals surface area contributed by atoms with E-state index in [1.165, 1.54) is 0 Å². The fourth-order valence-corrected chi connectivity index (χ4v) is 2.04. The standard InChI is InChI=1S/C13H19N5O2/c1-3-4-9-16-10(14-2)7-11(17-9)15-8-5-6-12(19)18-13(8)20/h7-8H,3-6H2,1-2H3,(H,18,19,20)(H2,14,15,16,17). The quantitative estimate of drug-likeness (QED) is 0.685. The molecule has 2 heterocycles. The molecule has 0 saturated carbocycles. The number of amides is 2. The number of hydrogen-bond acceptors (Lipinski definition) is 6. The zero-order chi connectivity index (χ0) is 14.5. The first-order chi connectivity index (χ1) is 9.62. The van der Waals surface area contributed by atoms with E-state index in [2.05, 4.69) is 32.8 Å². The predicted molar refractivity (Wildman–Crippen MR) is 75.4 cm³/mol. The summed E-state index contributed by atoms with van der Waals surface area (Å²) in [7, 11) is 1.79. The molecule has 7 heteroatoms. The molecule has 2 rings (SSSR count). The van der Waals surface area contributed by atoms with Gasteiger partial charge in [-0.2, -0.15) is 0 Å². The first kappa shape index (κ1) is 14.2. The van der Waals surface area contributed by atoms with Crippen LogP contribution >= 0.6 is 0 Å². The molecule has 0 bridgehead atoms. The van der Waals surface area contributed by atoms with Gasteiger partial charge in [0.15, 0.2) is 0 Å². The second-order valence-electron chi connectivity index (χ2n) is 4.70. The molecule has 2 amide bonds. The Morgan fingerprint density at radius 3 is 2.75 bits per heavy atom. The molecule has 108 valence electrons. The molecular formula is C13H19N5O2. The van der Waals surface area contributed by atoms with Crippen LogP contribution in [0.25, 0.3) is 0 Å². The summed E-state index contributed by atoms with van der Waals surface area (Å²) >= 11 is 0. The maximum atomic E-state index is 11.7. The van der Waals surface area contributed by atoms with Crippen molar-refractivity contribution in [2.24, 2.45) is 0 Å². The van der Waals surface area contributed by atoms with E-state index in [1.54, 1.807) is 13.1 Å². The molecule has 1 saturated heterocycles. The molecule has 0 aromatic carbocycles. The van der Waals surface area contributed by atoms with Crippen LogP contribution in [0.1, 0.15) is 32.0 Å². The van der Waals surface area contributed by atoms with Crippen LogP contribution in [0.2, 0.25) is 0 Å². The van der Waals surface area contributed by atoms with Gasteiger partial charge >= 0.3 is 0 Å². The first-order valence-electron chi connectivity index (χ1n) is 6.78. The average Bonchev–Trinajstić information content (AvgIpc) is 2.42. The van der Waals surface area contributed by atoms with Gasteiger partial charge < -0.3 is 10.6 Å². The Kier molecular flexibility index (Phi) is 4.49. The van der Waals surface area contributed by atoms with E-state index in [1.807, 2.05) is 0 Å². The summed E-state index contributed by atoms with van der Waals surface area (Å²) in [5.74, 6) is 1.51. The molecule has 7 nitrogen and oxygen atoms in total. The van der Waals surface area contributed by atoms with Crippen LogP contribution in [0, 0.1) is 0 Å². The summed E-state index contributed by atoms with van der Waals surface area (Å²) in [6, 6.07) is 1.32. The number of carbonyl (C=O) groups is 2. The lowest BCUT2D eigenvalue weighted by atomic mass is 10.1. The number of imide groups is 1. The van der Waals surface area contributed by atoms with Gasteiger partial charge in [0.1, 0.15) is 23.5 Å². The monoisotopic (exact) mass is 277 g/mol. The van der Waals surface area contributed by atoms with E-state index in [-0.39, 0.29) is 11.8 Å². The van der Waals surface area contributed by atoms with Crippen LogP contribution in [-0.2, 0) is 16.0 Å². The highest BCUT2D eigenvalue weighted by Crippen LogP contribution is 2.16. The maximum Gasteiger partial charge on any atom is 0.249 e. The van der Waals surface area contributed by atoms with E-state index in [0.717, 1.165) is 18.7 Å². The fourth-order valence-electron chi connectivity index (χ4n) is 2.04. The van der Waals surface area contributed by atoms with Crippen molar-refractivity contribution in [3.63, 3.8) is 0 Å². The number of hydrogen-bond donors (Lipinski definition) is 3. The van der Waals surface area contributed by atoms with Crippen LogP contribution in [0.3, 0.4) is 0 Å². The van der Waals surface area contributed by atoms with Gasteiger partial charge in [0.05, 0.1) is 0 Å². The highest BCUT2D eigenvalue weighted by molar-refractivity contribution is 6.01. The van der Waals surface area contributed by atoms with Gasteiger partial charge in [-0.05, 0) is 12.8 Å². The fraction of sp³-hybridized carbons (Fsp3) is 0.538. The zero-order valence-electron chi connectivity index (χ0n) is 11.7. The van der Waals surface area contributed by atoms with Crippen LogP contribution in [0.15, 0.2) is 6.07 Å². The Balaban J connectivity index is 2.13. The number of aromatic nitrogens is 2. The van der Waals surface area contributed by atoms with Crippen LogP contribution in [0.4, 0.5) is 11.6 Å². The van der Waals surface area contributed by atoms with Crippen molar-refractivity contribution in [2.45, 2.75) is 38.6 Å². The Labute approximate surface area is 117 Å². The molecule has 0 spiro atoms. The van der Waals surface area contributed by atoms with E-state index >= 15 is 0 Å². The highest BCUT2D eigenvalue weighted by Gasteiger charge is 2.26. The Hall–Kier alpha value is -2.18. The summed E-state index contributed by atoms with van der Waals surface area (Å²) < 4.78 is 0. The van der Waals surface area contributed by atoms with E-state index < -0.39 is 6.04 Å². The Bertz CT molecular complexity index is 517. The summed E-state index contributed by atoms with van der Waals surface area (Å²) in [6.45, 7) is 2.06. The maximum absolute atomic E-state index is 11.7. The number of aryl methyl sites for hydroxylation is 1. The van der Waals surface area contributed by atoms with Crippen molar-refractivity contribution in [2.75, 3.05) is 17.7 Å². The zero-order valence-corrected chi connectivity index (χ0v) is 11.7. The van der Waals surface area contributed by atoms with Crippen molar-refractivity contribution in [1.29, 1.82) is 0 Å². The number of rotatable bonds is 5. The molecule has 0 radical (unpaired) electrons. The molecular weight excluding hydrogens is 258 g/mol. The van der Waals surface area contributed by atoms with Gasteiger partial charge in [-0.3, -0.25) is 14.9 Å². The smallest absolute Gasteiger partial charge is 0.249 e. The number of nitrogens with zero attached hydrogens (tertiary/aromatic N) is 2. The number of nitrogens with one attached hydrogen (secondary N) is 3. The summed E-state index contributed by atoms with van der Waals surface area (Å²) in [5.41, 5.74) is 0. The third kappa shape index (κ3) is 3.43. The van der Waals surface area contributed by atoms with E-state index in [9.17, 15) is 9.59 Å². The third-order valence-corrected chi connectivity index (χ3v) is 3.06. The Morgan fingerprint density at radius 2 is 2.10 bits per heavy atom. The topological polar surface area (TPSA) is 96.0 Å². The molecule has 3 N–H and O–H groups in total. The van der Waals surface area contributed by atoms with Crippen molar-refractivity contribution in [3.05, 3.63) is 11.9 Å². The lowest BCUT2D eigenvalue weighted by Crippen LogP contribution is -2.47. The minimum atomic E-state index is -0.429. The van der Waals surface area contributed by atoms with E-state index in [0.29, 0.717) is 24.5 Å². The van der Waals surface area contributed by atoms with Gasteiger partial charge in [-0.25, -0.2) is 9.97 Å². The van der Waals surface area contributed by atoms with Gasteiger partial charge in [-0.15, -0.1) is 0 Å². The molecule has 1 atom stereocenters. The van der Waals surface area contributed by atoms with Crippen LogP contribution < -0.4 is 16.0 Å². The second-order valence-corrected chi connectivity index (χ2v) is 4.70. The molecule has 1 aromatic rings. The number of carbonyl (C=O) groups excluding carboxylic acids is 2. The van der Waals surface area contributed by atoms with Crippen molar-refractivity contribution in [1.82, 2.24) is 15.3 Å². The average molecular weight is 277 g/mol. The van der Waals surface area contributed by atoms with Crippen molar-refractivity contribution < 1.29 is 9.59 Å². The first-order valence-corrected chi connectivity index (χ1v) is 6.78. The number of piperidine rings is 1. The normalized spacial score (nSPS) is 18.6. The minimum absolute atomic E-state index is 0.224. The third-order valence-electron chi connectivity index (χ3n) is 3.06. The van der Waals surface area contributed by atoms with Gasteiger partial charge in [0.2, 0.25) is 11.8 Å². The van der Waals surface area contributed by atoms with E-state index in [4.69, 9.17) is 0 Å². The summed E-state index contributed by atoms with van der Waals surface area (Å²) in [4.78, 5) is 31.6. The van der Waals surface area contributed by atoms with Crippen LogP contribution in [-0.4, -0.2) is 34.9 Å². The Morgan fingerprint density at radius 1 is 1.35 bits per heavy atom. The predicted octanol–water partition coefficient (Wildman–Crippen LogP) is 0.688. The molecule has 1 fully saturated rings. The SMILES string of the molecule is CCCc1nc(NC)cc(NC2CCC(=O)NC2=O)n1. The molecule has 1 aliphatic heterocycles. The van der Waals surface area contributed by atoms with Gasteiger partial charge in [0, 0.05) is 26.0 Å². The molecule has 1 aliphatic rings. The summed E-state index contributed by atoms with van der Waals surface area (Å²) in [6.07, 6.45) is 2.55. The van der Waals surface area contributed by atoms with Crippen molar-refractivity contribution in [3.8, 4) is 0 Å². The molecule has 1 aromatic heterocycles. The van der Waals surface area contributed by atoms with Crippen molar-refractivity contribution >= 4 is 23.5 Å². The molecule has 20 heavy (non-hydrogen) atoms. The van der Waals surface area contributed by atoms with Gasteiger partial charge in [0.25, 0.3) is 0 Å². The molecule has 1 unspecified atom stereocenters. The molecule has 0 aliphatic carbocycles. The van der Waals surface area contributed by atoms with Crippen LogP contribution in [0.5, 0.6) is 0 Å². The highest BCUT2D eigenvalue weighted by atomic mass is 16.2. The lowest BCUT2D eigenvalue weighted by molar-refractivity contribution is -0.133. The largest absolute Gasteiger partial charge is 0.373 e. The number of anilines is 2. The second kappa shape index (κ2) is 6.31. The minimum Gasteiger partial charge on any atom is -0.373 e. The lowest BCUT2D eigenvalue weighted by Gasteiger charge is -2.22. The summed E-state index contributed by atoms with van der Waals surface area (Å²) in [5, 5.41) is 8.36.